The number of likely N-dealkylation sites (N-methyl/N-ethyl adjacent to an activating group) is 1. The Morgan fingerprint density at radius 3 is 1.53 bits per heavy atom. The fourth-order valence-corrected chi connectivity index (χ4v) is 4.30. The van der Waals surface area contributed by atoms with Gasteiger partial charge in [0, 0.05) is 36.8 Å². The average Bonchev–Trinajstić information content (AvgIpc) is 3.05. The fraction of sp³-hybridized carbons (Fsp3) is 0.400. The fourth-order valence-electron chi connectivity index (χ4n) is 4.05. The summed E-state index contributed by atoms with van der Waals surface area (Å²) in [5.74, 6) is 0.863. The Balaban J connectivity index is 0. The molecule has 0 saturated carbocycles. The third-order valence-corrected chi connectivity index (χ3v) is 6.86. The minimum Gasteiger partial charge on any atom is -0.363 e. The van der Waals surface area contributed by atoms with Crippen LogP contribution in [-0.4, -0.2) is 38.2 Å². The molecule has 0 bridgehead atoms. The molecule has 0 radical (unpaired) electrons. The highest BCUT2D eigenvalue weighted by atomic mass is 35.5. The SMILES string of the molecule is C=C/C(=C(\C(=NC)N(C)C)c1ccc(Cl)cc1)c1ccc(Cl)cc1.CC.CC=O.CCCCCCC.CCc1ccc(C)cc1. The molecule has 0 amide bonds. The van der Waals surface area contributed by atoms with Crippen molar-refractivity contribution >= 4 is 46.5 Å². The van der Waals surface area contributed by atoms with Gasteiger partial charge in [-0.05, 0) is 66.8 Å². The zero-order chi connectivity index (χ0) is 34.6. The van der Waals surface area contributed by atoms with Crippen molar-refractivity contribution in [2.45, 2.75) is 87.0 Å². The number of allylic oxidation sites excluding steroid dienone is 2. The summed E-state index contributed by atoms with van der Waals surface area (Å²) in [4.78, 5) is 15.3. The number of benzene rings is 3. The van der Waals surface area contributed by atoms with Crippen LogP contribution in [-0.2, 0) is 11.2 Å². The van der Waals surface area contributed by atoms with E-state index in [0.717, 1.165) is 40.8 Å². The maximum Gasteiger partial charge on any atom is 0.131 e. The van der Waals surface area contributed by atoms with Crippen LogP contribution in [0.25, 0.3) is 11.1 Å². The molecule has 3 aromatic carbocycles. The van der Waals surface area contributed by atoms with E-state index in [9.17, 15) is 0 Å². The van der Waals surface area contributed by atoms with Crippen LogP contribution in [0.1, 0.15) is 95.9 Å². The number of hydrogen-bond donors (Lipinski definition) is 0. The first-order chi connectivity index (χ1) is 21.6. The molecule has 0 aliphatic carbocycles. The largest absolute Gasteiger partial charge is 0.363 e. The summed E-state index contributed by atoms with van der Waals surface area (Å²) in [5.41, 5.74) is 6.80. The van der Waals surface area contributed by atoms with E-state index < -0.39 is 0 Å². The highest BCUT2D eigenvalue weighted by Crippen LogP contribution is 2.30. The molecule has 0 fully saturated rings. The molecule has 0 atom stereocenters. The lowest BCUT2D eigenvalue weighted by atomic mass is 9.93. The molecule has 0 aliphatic heterocycles. The van der Waals surface area contributed by atoms with Gasteiger partial charge in [-0.1, -0.05) is 157 Å². The number of unbranched alkanes of at least 4 members (excludes halogenated alkanes) is 4. The van der Waals surface area contributed by atoms with E-state index in [2.05, 4.69) is 63.5 Å². The molecular formula is C40H58Cl2N2O. The number of amidine groups is 1. The molecule has 0 aromatic heterocycles. The molecular weight excluding hydrogens is 595 g/mol. The standard InChI is InChI=1S/C20H20Cl2N2.C9H12.C7H16.C2H4O.C2H6/c1-5-18(14-6-10-16(21)11-7-14)19(20(23-2)24(3)4)15-8-12-17(22)13-9-15;1-3-9-6-4-8(2)5-7-9;1-3-5-7-6-4-2;1-2-3;1-2/h5-13H,1H2,2-4H3;4-7H,3H2,1-2H3;3-7H2,1-2H3;2H,1H3;1-2H3/b19-18+,23-20?;;;;. The molecule has 3 aromatic rings. The van der Waals surface area contributed by atoms with E-state index in [0.29, 0.717) is 10.0 Å². The first-order valence-corrected chi connectivity index (χ1v) is 16.9. The lowest BCUT2D eigenvalue weighted by molar-refractivity contribution is -0.106. The predicted molar refractivity (Wildman–Crippen MR) is 205 cm³/mol. The van der Waals surface area contributed by atoms with E-state index in [1.807, 2.05) is 87.4 Å². The molecule has 0 N–H and O–H groups in total. The Hall–Kier alpha value is -3.14. The molecule has 0 heterocycles. The Kier molecular flexibility index (Phi) is 27.7. The van der Waals surface area contributed by atoms with Gasteiger partial charge in [-0.25, -0.2) is 0 Å². The Labute approximate surface area is 286 Å². The Morgan fingerprint density at radius 1 is 0.778 bits per heavy atom. The minimum absolute atomic E-state index is 0.699. The van der Waals surface area contributed by atoms with Gasteiger partial charge in [0.2, 0.25) is 0 Å². The average molecular weight is 654 g/mol. The van der Waals surface area contributed by atoms with E-state index in [1.165, 1.54) is 50.2 Å². The van der Waals surface area contributed by atoms with Crippen molar-refractivity contribution in [2.24, 2.45) is 4.99 Å². The van der Waals surface area contributed by atoms with Crippen LogP contribution in [0.2, 0.25) is 10.0 Å². The predicted octanol–water partition coefficient (Wildman–Crippen LogP) is 12.4. The third kappa shape index (κ3) is 19.1. The highest BCUT2D eigenvalue weighted by molar-refractivity contribution is 6.32. The number of hydrogen-bond acceptors (Lipinski definition) is 2. The van der Waals surface area contributed by atoms with Gasteiger partial charge < -0.3 is 9.69 Å². The first kappa shape index (κ1) is 44.0. The quantitative estimate of drug-likeness (QED) is 0.0575. The van der Waals surface area contributed by atoms with Crippen molar-refractivity contribution in [3.8, 4) is 0 Å². The van der Waals surface area contributed by atoms with Gasteiger partial charge in [0.1, 0.15) is 12.1 Å². The molecule has 0 saturated heterocycles. The third-order valence-electron chi connectivity index (χ3n) is 6.36. The van der Waals surface area contributed by atoms with Crippen LogP contribution in [0.5, 0.6) is 0 Å². The van der Waals surface area contributed by atoms with E-state index in [1.54, 1.807) is 7.05 Å². The molecule has 0 aliphatic rings. The Bertz CT molecular complexity index is 1220. The molecule has 0 spiro atoms. The maximum atomic E-state index is 8.81. The van der Waals surface area contributed by atoms with E-state index >= 15 is 0 Å². The lowest BCUT2D eigenvalue weighted by Gasteiger charge is -2.22. The zero-order valence-corrected chi connectivity index (χ0v) is 31.1. The molecule has 3 nitrogen and oxygen atoms in total. The van der Waals surface area contributed by atoms with Crippen LogP contribution in [0.3, 0.4) is 0 Å². The number of aliphatic imine (C=N–C) groups is 1. The summed E-state index contributed by atoms with van der Waals surface area (Å²) in [6, 6.07) is 24.1. The van der Waals surface area contributed by atoms with Crippen molar-refractivity contribution in [3.05, 3.63) is 118 Å². The number of carbonyl (C=O) groups excluding carboxylic acids is 1. The second-order valence-corrected chi connectivity index (χ2v) is 11.0. The van der Waals surface area contributed by atoms with Crippen LogP contribution in [0.15, 0.2) is 90.4 Å². The summed E-state index contributed by atoms with van der Waals surface area (Å²) in [7, 11) is 5.73. The minimum atomic E-state index is 0.699. The van der Waals surface area contributed by atoms with Gasteiger partial charge in [-0.3, -0.25) is 4.99 Å². The number of rotatable bonds is 9. The normalized spacial score (nSPS) is 10.5. The number of carbonyl (C=O) groups is 1. The van der Waals surface area contributed by atoms with Gasteiger partial charge in [0.15, 0.2) is 0 Å². The zero-order valence-electron chi connectivity index (χ0n) is 29.6. The number of aryl methyl sites for hydroxylation is 2. The van der Waals surface area contributed by atoms with Crippen molar-refractivity contribution < 1.29 is 4.79 Å². The summed E-state index contributed by atoms with van der Waals surface area (Å²) in [6.07, 6.45) is 10.7. The monoisotopic (exact) mass is 652 g/mol. The van der Waals surface area contributed by atoms with Crippen molar-refractivity contribution in [1.82, 2.24) is 4.90 Å². The molecule has 0 unspecified atom stereocenters. The smallest absolute Gasteiger partial charge is 0.131 e. The van der Waals surface area contributed by atoms with E-state index in [4.69, 9.17) is 28.0 Å². The van der Waals surface area contributed by atoms with Gasteiger partial charge >= 0.3 is 0 Å². The molecule has 45 heavy (non-hydrogen) atoms. The van der Waals surface area contributed by atoms with Crippen molar-refractivity contribution in [1.29, 1.82) is 0 Å². The van der Waals surface area contributed by atoms with E-state index in [-0.39, 0.29) is 0 Å². The summed E-state index contributed by atoms with van der Waals surface area (Å²) >= 11 is 12.1. The van der Waals surface area contributed by atoms with Gasteiger partial charge in [0.05, 0.1) is 0 Å². The van der Waals surface area contributed by atoms with Crippen LogP contribution in [0.4, 0.5) is 0 Å². The number of nitrogens with zero attached hydrogens (tertiary/aromatic N) is 2. The second kappa shape index (κ2) is 28.3. The lowest BCUT2D eigenvalue weighted by Crippen LogP contribution is -2.24. The van der Waals surface area contributed by atoms with Gasteiger partial charge in [0.25, 0.3) is 0 Å². The summed E-state index contributed by atoms with van der Waals surface area (Å²) in [5, 5.41) is 1.40. The van der Waals surface area contributed by atoms with Crippen molar-refractivity contribution in [3.63, 3.8) is 0 Å². The second-order valence-electron chi connectivity index (χ2n) is 10.1. The Morgan fingerprint density at radius 2 is 1.20 bits per heavy atom. The topological polar surface area (TPSA) is 32.7 Å². The number of halogens is 2. The van der Waals surface area contributed by atoms with Crippen molar-refractivity contribution in [2.75, 3.05) is 21.1 Å². The number of aldehydes is 1. The van der Waals surface area contributed by atoms with Crippen LogP contribution >= 0.6 is 23.2 Å². The summed E-state index contributed by atoms with van der Waals surface area (Å²) < 4.78 is 0. The molecule has 5 heteroatoms. The van der Waals surface area contributed by atoms with Gasteiger partial charge in [-0.15, -0.1) is 0 Å². The highest BCUT2D eigenvalue weighted by Gasteiger charge is 2.17. The molecule has 3 rings (SSSR count). The molecule has 248 valence electrons. The van der Waals surface area contributed by atoms with Gasteiger partial charge in [-0.2, -0.15) is 0 Å². The van der Waals surface area contributed by atoms with Crippen LogP contribution in [0, 0.1) is 6.92 Å². The summed E-state index contributed by atoms with van der Waals surface area (Å²) in [6.45, 7) is 18.2. The van der Waals surface area contributed by atoms with Crippen LogP contribution < -0.4 is 0 Å². The maximum absolute atomic E-state index is 8.81. The first-order valence-electron chi connectivity index (χ1n) is 16.1.